The van der Waals surface area contributed by atoms with Crippen molar-refractivity contribution in [2.45, 2.75) is 31.8 Å². The Bertz CT molecular complexity index is 174. The van der Waals surface area contributed by atoms with Crippen LogP contribution in [0.5, 0.6) is 0 Å². The topological polar surface area (TPSA) is 0 Å². The fraction of sp³-hybridized carbons (Fsp3) is 0.800. The lowest BCUT2D eigenvalue weighted by Crippen LogP contribution is -2.29. The number of fused-ring (bicyclic) bond motifs is 1. The van der Waals surface area contributed by atoms with Crippen LogP contribution in [0.25, 0.3) is 0 Å². The summed E-state index contributed by atoms with van der Waals surface area (Å²) in [5.41, 5.74) is 0.870. The highest BCUT2D eigenvalue weighted by atomic mass is 31.0. The second-order valence-electron chi connectivity index (χ2n) is 4.12. The molecule has 0 aliphatic heterocycles. The van der Waals surface area contributed by atoms with Gasteiger partial charge in [-0.3, -0.25) is 0 Å². The van der Waals surface area contributed by atoms with E-state index in [4.69, 9.17) is 0 Å². The zero-order valence-corrected chi connectivity index (χ0v) is 8.32. The zero-order valence-electron chi connectivity index (χ0n) is 7.16. The third-order valence-corrected chi connectivity index (χ3v) is 4.22. The molecule has 5 unspecified atom stereocenters. The second-order valence-corrected chi connectivity index (χ2v) is 4.98. The summed E-state index contributed by atoms with van der Waals surface area (Å²) < 4.78 is 0. The lowest BCUT2D eigenvalue weighted by atomic mass is 9.74. The van der Waals surface area contributed by atoms with Crippen LogP contribution in [-0.4, -0.2) is 5.66 Å². The van der Waals surface area contributed by atoms with Crippen molar-refractivity contribution in [1.82, 2.24) is 0 Å². The van der Waals surface area contributed by atoms with E-state index < -0.39 is 0 Å². The van der Waals surface area contributed by atoms with E-state index in [0.717, 1.165) is 23.4 Å². The highest BCUT2D eigenvalue weighted by molar-refractivity contribution is 7.17. The van der Waals surface area contributed by atoms with Gasteiger partial charge in [-0.2, -0.15) is 0 Å². The first kappa shape index (κ1) is 7.80. The normalized spacial score (nSPS) is 49.3. The van der Waals surface area contributed by atoms with E-state index in [1.807, 2.05) is 0 Å². The highest BCUT2D eigenvalue weighted by Gasteiger charge is 2.35. The maximum absolute atomic E-state index is 3.02. The molecule has 0 nitrogen and oxygen atoms in total. The van der Waals surface area contributed by atoms with Crippen molar-refractivity contribution in [2.75, 3.05) is 0 Å². The van der Waals surface area contributed by atoms with E-state index >= 15 is 0 Å². The summed E-state index contributed by atoms with van der Waals surface area (Å²) >= 11 is 0. The Morgan fingerprint density at radius 1 is 1.36 bits per heavy atom. The lowest BCUT2D eigenvalue weighted by molar-refractivity contribution is 0.222. The molecule has 0 amide bonds. The Kier molecular flexibility index (Phi) is 2.06. The van der Waals surface area contributed by atoms with E-state index in [9.17, 15) is 0 Å². The third kappa shape index (κ3) is 1.26. The van der Waals surface area contributed by atoms with Crippen molar-refractivity contribution in [2.24, 2.45) is 17.8 Å². The standard InChI is InChI=1S/C10H17P/c1-7-5-6-10(11)9-4-2-3-8(7)9/h2,4,7-10H,3,5-6,11H2,1H3. The van der Waals surface area contributed by atoms with Gasteiger partial charge in [0.25, 0.3) is 0 Å². The Labute approximate surface area is 71.7 Å². The minimum atomic E-state index is 0.870. The van der Waals surface area contributed by atoms with Gasteiger partial charge in [-0.25, -0.2) is 0 Å². The molecule has 0 radical (unpaired) electrons. The molecule has 5 atom stereocenters. The Morgan fingerprint density at radius 2 is 2.18 bits per heavy atom. The third-order valence-electron chi connectivity index (χ3n) is 3.44. The molecule has 0 aromatic heterocycles. The van der Waals surface area contributed by atoms with Crippen LogP contribution >= 0.6 is 9.24 Å². The Morgan fingerprint density at radius 3 is 2.91 bits per heavy atom. The molecule has 1 fully saturated rings. The molecule has 0 heterocycles. The quantitative estimate of drug-likeness (QED) is 0.385. The molecule has 0 saturated heterocycles. The predicted molar refractivity (Wildman–Crippen MR) is 52.6 cm³/mol. The van der Waals surface area contributed by atoms with Gasteiger partial charge in [0.2, 0.25) is 0 Å². The molecular formula is C10H17P. The molecule has 62 valence electrons. The van der Waals surface area contributed by atoms with Crippen LogP contribution in [-0.2, 0) is 0 Å². The molecule has 2 aliphatic rings. The molecule has 2 aliphatic carbocycles. The minimum Gasteiger partial charge on any atom is -0.134 e. The van der Waals surface area contributed by atoms with Gasteiger partial charge in [-0.1, -0.05) is 19.1 Å². The molecular weight excluding hydrogens is 151 g/mol. The van der Waals surface area contributed by atoms with E-state index in [1.165, 1.54) is 19.3 Å². The first-order valence-corrected chi connectivity index (χ1v) is 5.38. The van der Waals surface area contributed by atoms with E-state index in [1.54, 1.807) is 0 Å². The number of allylic oxidation sites excluding steroid dienone is 2. The Balaban J connectivity index is 2.12. The molecule has 0 aromatic rings. The first-order valence-electron chi connectivity index (χ1n) is 4.71. The van der Waals surface area contributed by atoms with Gasteiger partial charge in [-0.05, 0) is 42.7 Å². The van der Waals surface area contributed by atoms with Crippen molar-refractivity contribution < 1.29 is 0 Å². The van der Waals surface area contributed by atoms with E-state index in [-0.39, 0.29) is 0 Å². The van der Waals surface area contributed by atoms with Crippen molar-refractivity contribution in [3.63, 3.8) is 0 Å². The summed E-state index contributed by atoms with van der Waals surface area (Å²) in [6.07, 6.45) is 9.03. The van der Waals surface area contributed by atoms with Gasteiger partial charge in [0.05, 0.1) is 0 Å². The van der Waals surface area contributed by atoms with Crippen LogP contribution in [0, 0.1) is 17.8 Å². The van der Waals surface area contributed by atoms with Crippen LogP contribution in [0.3, 0.4) is 0 Å². The summed E-state index contributed by atoms with van der Waals surface area (Å²) in [5, 5.41) is 0. The molecule has 0 N–H and O–H groups in total. The first-order chi connectivity index (χ1) is 5.29. The molecule has 0 spiro atoms. The summed E-state index contributed by atoms with van der Waals surface area (Å²) in [4.78, 5) is 0. The second kappa shape index (κ2) is 2.90. The van der Waals surface area contributed by atoms with Gasteiger partial charge in [-0.15, -0.1) is 9.24 Å². The summed E-state index contributed by atoms with van der Waals surface area (Å²) in [6, 6.07) is 0. The van der Waals surface area contributed by atoms with Crippen LogP contribution < -0.4 is 0 Å². The van der Waals surface area contributed by atoms with Crippen molar-refractivity contribution in [3.8, 4) is 0 Å². The van der Waals surface area contributed by atoms with Crippen LogP contribution in [0.1, 0.15) is 26.2 Å². The maximum Gasteiger partial charge on any atom is -0.0137 e. The summed E-state index contributed by atoms with van der Waals surface area (Å²) in [6.45, 7) is 2.42. The average Bonchev–Trinajstić information content (AvgIpc) is 2.45. The number of hydrogen-bond donors (Lipinski definition) is 0. The van der Waals surface area contributed by atoms with Gasteiger partial charge in [0, 0.05) is 0 Å². The average molecular weight is 168 g/mol. The van der Waals surface area contributed by atoms with E-state index in [0.29, 0.717) is 0 Å². The van der Waals surface area contributed by atoms with Gasteiger partial charge in [0.1, 0.15) is 0 Å². The Hall–Kier alpha value is 0.170. The molecule has 1 saturated carbocycles. The fourth-order valence-corrected chi connectivity index (χ4v) is 3.23. The molecule has 11 heavy (non-hydrogen) atoms. The smallest absolute Gasteiger partial charge is 0.0137 e. The fourth-order valence-electron chi connectivity index (χ4n) is 2.63. The van der Waals surface area contributed by atoms with E-state index in [2.05, 4.69) is 28.3 Å². The molecule has 0 aromatic carbocycles. The molecule has 2 rings (SSSR count). The van der Waals surface area contributed by atoms with Crippen LogP contribution in [0.15, 0.2) is 12.2 Å². The number of rotatable bonds is 0. The van der Waals surface area contributed by atoms with Crippen molar-refractivity contribution >= 4 is 9.24 Å². The van der Waals surface area contributed by atoms with Crippen molar-refractivity contribution in [3.05, 3.63) is 12.2 Å². The monoisotopic (exact) mass is 168 g/mol. The highest BCUT2D eigenvalue weighted by Crippen LogP contribution is 2.44. The predicted octanol–water partition coefficient (Wildman–Crippen LogP) is 2.85. The summed E-state index contributed by atoms with van der Waals surface area (Å²) in [7, 11) is 3.02. The largest absolute Gasteiger partial charge is 0.134 e. The zero-order chi connectivity index (χ0) is 7.84. The molecule has 1 heteroatoms. The lowest BCUT2D eigenvalue weighted by Gasteiger charge is -2.35. The minimum absolute atomic E-state index is 0.870. The molecule has 0 bridgehead atoms. The van der Waals surface area contributed by atoms with Crippen LogP contribution in [0.2, 0.25) is 0 Å². The maximum atomic E-state index is 3.02. The number of hydrogen-bond acceptors (Lipinski definition) is 0. The van der Waals surface area contributed by atoms with Gasteiger partial charge in [0.15, 0.2) is 0 Å². The van der Waals surface area contributed by atoms with Crippen LogP contribution in [0.4, 0.5) is 0 Å². The van der Waals surface area contributed by atoms with Gasteiger partial charge >= 0.3 is 0 Å². The summed E-state index contributed by atoms with van der Waals surface area (Å²) in [5.74, 6) is 2.83. The SMILES string of the molecule is CC1CCC(P)C2C=CCC12. The van der Waals surface area contributed by atoms with Gasteiger partial charge < -0.3 is 0 Å². The van der Waals surface area contributed by atoms with Crippen molar-refractivity contribution in [1.29, 1.82) is 0 Å².